The summed E-state index contributed by atoms with van der Waals surface area (Å²) in [5.74, 6) is 0. The molecule has 0 saturated heterocycles. The molecule has 0 atom stereocenters. The van der Waals surface area contributed by atoms with Crippen LogP contribution in [-0.4, -0.2) is 15.1 Å². The molecule has 1 aliphatic carbocycles. The quantitative estimate of drug-likeness (QED) is 0.480. The van der Waals surface area contributed by atoms with Crippen LogP contribution in [-0.2, 0) is 21.7 Å². The van der Waals surface area contributed by atoms with Crippen LogP contribution in [0.3, 0.4) is 0 Å². The van der Waals surface area contributed by atoms with E-state index in [-0.39, 0.29) is 57.0 Å². The van der Waals surface area contributed by atoms with Crippen LogP contribution >= 0.6 is 0 Å². The molecule has 0 amide bonds. The van der Waals surface area contributed by atoms with Crippen LogP contribution in [0.1, 0.15) is 27.2 Å². The first kappa shape index (κ1) is 38.3. The molecule has 0 saturated carbocycles. The molecule has 1 nitrogen and oxygen atoms in total. The van der Waals surface area contributed by atoms with Crippen molar-refractivity contribution in [3.63, 3.8) is 0 Å². The minimum atomic E-state index is -0.250. The number of hydrogen-bond donors (Lipinski definition) is 0. The summed E-state index contributed by atoms with van der Waals surface area (Å²) >= 11 is 0. The number of allylic oxidation sites excluding steroid dienone is 4. The van der Waals surface area contributed by atoms with Gasteiger partial charge in [-0.3, -0.25) is 6.08 Å². The molecular formula is C20H38NSiTi-6. The van der Waals surface area contributed by atoms with Gasteiger partial charge >= 0.3 is 21.7 Å². The molecule has 1 aromatic carbocycles. The molecule has 1 aromatic rings. The van der Waals surface area contributed by atoms with Crippen LogP contribution in [0, 0.1) is 35.8 Å². The van der Waals surface area contributed by atoms with E-state index < -0.39 is 0 Å². The number of nitrogens with one attached hydrogen (secondary N) is 1. The van der Waals surface area contributed by atoms with Gasteiger partial charge in [-0.15, -0.1) is 12.0 Å². The first-order chi connectivity index (χ1) is 8.43. The summed E-state index contributed by atoms with van der Waals surface area (Å²) in [6.45, 7) is 7.81. The van der Waals surface area contributed by atoms with E-state index in [4.69, 9.17) is 5.73 Å². The zero-order valence-electron chi connectivity index (χ0n) is 16.6. The third-order valence-corrected chi connectivity index (χ3v) is 2.77. The van der Waals surface area contributed by atoms with Gasteiger partial charge in [0, 0.05) is 0 Å². The standard InChI is InChI=1S/C7H9Si.C5H5.C4H10N.4CH3.Ti.2H/c1-8-7-5-3-2-4-6-7;1-2-4-5-3-1;1-4(2,3)5;;;;;;;/h2-6,8H,1H3;1-3H,4H2;5H,1-3H3;4*1H3;;;/q;6*-1;;;. The first-order valence-corrected chi connectivity index (χ1v) is 7.98. The van der Waals surface area contributed by atoms with E-state index >= 15 is 0 Å². The molecule has 1 N–H and O–H groups in total. The van der Waals surface area contributed by atoms with Gasteiger partial charge in [0.05, 0.1) is 9.52 Å². The molecule has 3 heteroatoms. The summed E-state index contributed by atoms with van der Waals surface area (Å²) in [6.07, 6.45) is 10.0. The number of benzene rings is 1. The van der Waals surface area contributed by atoms with Gasteiger partial charge in [-0.05, 0) is 0 Å². The van der Waals surface area contributed by atoms with Crippen molar-refractivity contribution in [2.45, 2.75) is 39.3 Å². The SMILES string of the molecule is CC(C)(C)[NH-].C[SiH]c1ccccc1.[C-]1=CC=CC1.[CH3-].[CH3-].[CH3-].[CH3-].[TiH2]. The second kappa shape index (κ2) is 23.9. The predicted octanol–water partition coefficient (Wildman–Crippen LogP) is 5.20. The van der Waals surface area contributed by atoms with Gasteiger partial charge in [0.15, 0.2) is 0 Å². The molecule has 0 unspecified atom stereocenters. The number of rotatable bonds is 1. The zero-order chi connectivity index (χ0) is 13.9. The molecule has 0 aromatic heterocycles. The summed E-state index contributed by atoms with van der Waals surface area (Å²) in [4.78, 5) is 0. The molecule has 0 spiro atoms. The number of hydrogen-bond acceptors (Lipinski definition) is 0. The average molecular weight is 368 g/mol. The van der Waals surface area contributed by atoms with Gasteiger partial charge < -0.3 is 35.4 Å². The van der Waals surface area contributed by atoms with Gasteiger partial charge in [-0.2, -0.15) is 6.08 Å². The molecule has 23 heavy (non-hydrogen) atoms. The van der Waals surface area contributed by atoms with Crippen LogP contribution in [0.2, 0.25) is 6.55 Å². The van der Waals surface area contributed by atoms with Gasteiger partial charge in [0.1, 0.15) is 0 Å². The third kappa shape index (κ3) is 38.9. The topological polar surface area (TPSA) is 23.8 Å². The van der Waals surface area contributed by atoms with E-state index in [1.54, 1.807) is 0 Å². The molecule has 0 aliphatic heterocycles. The Hall–Kier alpha value is -0.409. The summed E-state index contributed by atoms with van der Waals surface area (Å²) in [5.41, 5.74) is 6.69. The Labute approximate surface area is 165 Å². The monoisotopic (exact) mass is 368 g/mol. The fourth-order valence-electron chi connectivity index (χ4n) is 0.986. The van der Waals surface area contributed by atoms with E-state index in [2.05, 4.69) is 49.0 Å². The Balaban J connectivity index is -0.0000000439. The van der Waals surface area contributed by atoms with E-state index in [9.17, 15) is 0 Å². The van der Waals surface area contributed by atoms with Crippen molar-refractivity contribution in [3.05, 3.63) is 90.1 Å². The molecule has 2 rings (SSSR count). The maximum atomic E-state index is 6.94. The fourth-order valence-corrected chi connectivity index (χ4v) is 1.59. The molecule has 0 heterocycles. The Morgan fingerprint density at radius 2 is 1.43 bits per heavy atom. The van der Waals surface area contributed by atoms with Crippen molar-refractivity contribution in [1.82, 2.24) is 0 Å². The van der Waals surface area contributed by atoms with Crippen molar-refractivity contribution in [2.24, 2.45) is 0 Å². The Morgan fingerprint density at radius 1 is 1.00 bits per heavy atom. The molecule has 137 valence electrons. The Morgan fingerprint density at radius 3 is 1.61 bits per heavy atom. The fraction of sp³-hybridized carbons (Fsp3) is 0.300. The Kier molecular flexibility index (Phi) is 39.7. The third-order valence-electron chi connectivity index (χ3n) is 1.72. The van der Waals surface area contributed by atoms with Crippen molar-refractivity contribution in [3.8, 4) is 0 Å². The zero-order valence-corrected chi connectivity index (χ0v) is 20.0. The van der Waals surface area contributed by atoms with Crippen LogP contribution in [0.4, 0.5) is 0 Å². The maximum absolute atomic E-state index is 6.94. The van der Waals surface area contributed by atoms with Crippen molar-refractivity contribution in [1.29, 1.82) is 0 Å². The van der Waals surface area contributed by atoms with Gasteiger partial charge in [-0.25, -0.2) is 12.2 Å². The van der Waals surface area contributed by atoms with E-state index in [1.807, 2.05) is 32.9 Å². The van der Waals surface area contributed by atoms with Gasteiger partial charge in [0.25, 0.3) is 0 Å². The van der Waals surface area contributed by atoms with E-state index in [0.29, 0.717) is 9.52 Å². The molecule has 1 radical (unpaired) electrons. The van der Waals surface area contributed by atoms with Crippen molar-refractivity contribution < 1.29 is 21.7 Å². The normalized spacial score (nSPS) is 9.61. The van der Waals surface area contributed by atoms with Gasteiger partial charge in [0.2, 0.25) is 0 Å². The van der Waals surface area contributed by atoms with Crippen LogP contribution < -0.4 is 5.19 Å². The van der Waals surface area contributed by atoms with Crippen molar-refractivity contribution in [2.75, 3.05) is 0 Å². The molecule has 0 bridgehead atoms. The second-order valence-corrected chi connectivity index (χ2v) is 6.20. The summed E-state index contributed by atoms with van der Waals surface area (Å²) in [7, 11) is 0.511. The summed E-state index contributed by atoms with van der Waals surface area (Å²) < 4.78 is 0. The van der Waals surface area contributed by atoms with Crippen LogP contribution in [0.15, 0.2) is 48.6 Å². The molecule has 1 aliphatic rings. The van der Waals surface area contributed by atoms with Crippen LogP contribution in [0.25, 0.3) is 5.73 Å². The summed E-state index contributed by atoms with van der Waals surface area (Å²) in [6, 6.07) is 10.6. The first-order valence-electron chi connectivity index (χ1n) is 6.24. The second-order valence-electron chi connectivity index (χ2n) is 4.95. The summed E-state index contributed by atoms with van der Waals surface area (Å²) in [5, 5.41) is 1.49. The van der Waals surface area contributed by atoms with E-state index in [1.165, 1.54) is 5.19 Å². The van der Waals surface area contributed by atoms with Crippen LogP contribution in [0.5, 0.6) is 0 Å². The predicted molar refractivity (Wildman–Crippen MR) is 113 cm³/mol. The minimum absolute atomic E-state index is 0. The molecule has 0 fully saturated rings. The average Bonchev–Trinajstić information content (AvgIpc) is 2.86. The molecular weight excluding hydrogens is 330 g/mol. The Bertz CT molecular complexity index is 338. The van der Waals surface area contributed by atoms with E-state index in [0.717, 1.165) is 6.42 Å². The van der Waals surface area contributed by atoms with Crippen molar-refractivity contribution >= 4 is 14.7 Å². The van der Waals surface area contributed by atoms with Gasteiger partial charge in [-0.1, -0.05) is 62.8 Å².